The lowest BCUT2D eigenvalue weighted by Gasteiger charge is -2.20. The molecule has 3 rings (SSSR count). The van der Waals surface area contributed by atoms with E-state index in [1.807, 2.05) is 16.4 Å². The Bertz CT molecular complexity index is 403. The van der Waals surface area contributed by atoms with Gasteiger partial charge in [0.2, 0.25) is 5.16 Å². The minimum absolute atomic E-state index is 0.573. The number of nitrogens with zero attached hydrogens (tertiary/aromatic N) is 4. The summed E-state index contributed by atoms with van der Waals surface area (Å²) in [6, 6.07) is 1.24. The Hall–Kier alpha value is -0.620. The van der Waals surface area contributed by atoms with Crippen LogP contribution in [0.3, 0.4) is 0 Å². The predicted octanol–water partition coefficient (Wildman–Crippen LogP) is 1.88. The molecule has 1 N–H and O–H groups in total. The van der Waals surface area contributed by atoms with E-state index >= 15 is 0 Å². The van der Waals surface area contributed by atoms with E-state index in [0.717, 1.165) is 11.7 Å². The van der Waals surface area contributed by atoms with Gasteiger partial charge in [-0.15, -0.1) is 5.10 Å². The van der Waals surface area contributed by atoms with Crippen molar-refractivity contribution in [3.05, 3.63) is 0 Å². The molecule has 5 nitrogen and oxygen atoms in total. The highest BCUT2D eigenvalue weighted by molar-refractivity contribution is 7.99. The van der Waals surface area contributed by atoms with Crippen molar-refractivity contribution < 1.29 is 0 Å². The highest BCUT2D eigenvalue weighted by Crippen LogP contribution is 2.41. The monoisotopic (exact) mass is 267 g/mol. The predicted molar refractivity (Wildman–Crippen MR) is 71.6 cm³/mol. The number of aromatic nitrogens is 4. The number of nitrogens with one attached hydrogen (secondary N) is 1. The molecule has 0 saturated heterocycles. The SMILES string of the molecule is CCNC1CCC(Sc2nnnn2C2CC2)C1C. The van der Waals surface area contributed by atoms with Crippen LogP contribution in [0.25, 0.3) is 0 Å². The van der Waals surface area contributed by atoms with Gasteiger partial charge in [0.05, 0.1) is 6.04 Å². The van der Waals surface area contributed by atoms with Crippen molar-refractivity contribution in [2.75, 3.05) is 6.54 Å². The Labute approximate surface area is 112 Å². The van der Waals surface area contributed by atoms with Crippen LogP contribution in [0, 0.1) is 5.92 Å². The van der Waals surface area contributed by atoms with Crippen molar-refractivity contribution in [1.29, 1.82) is 0 Å². The molecule has 0 aliphatic heterocycles. The maximum atomic E-state index is 4.19. The van der Waals surface area contributed by atoms with Gasteiger partial charge in [-0.25, -0.2) is 4.68 Å². The molecular formula is C12H21N5S. The van der Waals surface area contributed by atoms with Gasteiger partial charge < -0.3 is 5.32 Å². The van der Waals surface area contributed by atoms with E-state index < -0.39 is 0 Å². The summed E-state index contributed by atoms with van der Waals surface area (Å²) in [7, 11) is 0. The van der Waals surface area contributed by atoms with Crippen molar-refractivity contribution in [2.24, 2.45) is 5.92 Å². The number of thioether (sulfide) groups is 1. The molecule has 0 amide bonds. The molecule has 3 atom stereocenters. The van der Waals surface area contributed by atoms with Crippen LogP contribution in [0.1, 0.15) is 45.6 Å². The van der Waals surface area contributed by atoms with Gasteiger partial charge in [-0.2, -0.15) is 0 Å². The van der Waals surface area contributed by atoms with E-state index in [1.54, 1.807) is 0 Å². The van der Waals surface area contributed by atoms with Crippen LogP contribution in [0.4, 0.5) is 0 Å². The van der Waals surface area contributed by atoms with E-state index in [2.05, 4.69) is 34.7 Å². The van der Waals surface area contributed by atoms with Crippen LogP contribution in [-0.4, -0.2) is 38.0 Å². The molecule has 1 aromatic heterocycles. The van der Waals surface area contributed by atoms with E-state index in [9.17, 15) is 0 Å². The molecule has 2 aliphatic carbocycles. The smallest absolute Gasteiger partial charge is 0.209 e. The third kappa shape index (κ3) is 2.40. The molecule has 6 heteroatoms. The van der Waals surface area contributed by atoms with Crippen molar-refractivity contribution in [3.63, 3.8) is 0 Å². The fourth-order valence-corrected chi connectivity index (χ4v) is 4.10. The maximum Gasteiger partial charge on any atom is 0.209 e. The maximum absolute atomic E-state index is 4.19. The molecular weight excluding hydrogens is 246 g/mol. The van der Waals surface area contributed by atoms with Gasteiger partial charge >= 0.3 is 0 Å². The molecule has 2 aliphatic rings. The summed E-state index contributed by atoms with van der Waals surface area (Å²) in [5.41, 5.74) is 0. The minimum Gasteiger partial charge on any atom is -0.314 e. The molecule has 2 saturated carbocycles. The van der Waals surface area contributed by atoms with Gasteiger partial charge in [-0.05, 0) is 48.6 Å². The van der Waals surface area contributed by atoms with Crippen molar-refractivity contribution in [3.8, 4) is 0 Å². The first-order chi connectivity index (χ1) is 8.79. The lowest BCUT2D eigenvalue weighted by molar-refractivity contribution is 0.441. The van der Waals surface area contributed by atoms with Gasteiger partial charge in [0.15, 0.2) is 0 Å². The molecule has 0 radical (unpaired) electrons. The number of tetrazole rings is 1. The lowest BCUT2D eigenvalue weighted by atomic mass is 10.1. The molecule has 0 spiro atoms. The molecule has 100 valence electrons. The summed E-state index contributed by atoms with van der Waals surface area (Å²) in [5, 5.41) is 17.4. The quantitative estimate of drug-likeness (QED) is 0.882. The molecule has 18 heavy (non-hydrogen) atoms. The first kappa shape index (κ1) is 12.4. The Balaban J connectivity index is 1.64. The zero-order valence-electron chi connectivity index (χ0n) is 11.0. The summed E-state index contributed by atoms with van der Waals surface area (Å²) in [5.74, 6) is 0.694. The van der Waals surface area contributed by atoms with Gasteiger partial charge in [0.1, 0.15) is 0 Å². The van der Waals surface area contributed by atoms with Crippen LogP contribution < -0.4 is 5.32 Å². The fraction of sp³-hybridized carbons (Fsp3) is 0.917. The molecule has 0 aromatic carbocycles. The largest absolute Gasteiger partial charge is 0.314 e. The lowest BCUT2D eigenvalue weighted by Crippen LogP contribution is -2.33. The van der Waals surface area contributed by atoms with Crippen molar-refractivity contribution in [2.45, 2.75) is 62.0 Å². The van der Waals surface area contributed by atoms with Crippen LogP contribution in [0.2, 0.25) is 0 Å². The Morgan fingerprint density at radius 2 is 2.17 bits per heavy atom. The number of hydrogen-bond donors (Lipinski definition) is 1. The minimum atomic E-state index is 0.573. The first-order valence-electron chi connectivity index (χ1n) is 6.97. The zero-order valence-corrected chi connectivity index (χ0v) is 11.9. The molecule has 1 heterocycles. The summed E-state index contributed by atoms with van der Waals surface area (Å²) >= 11 is 1.88. The standard InChI is InChI=1S/C12H21N5S/c1-3-13-10-6-7-11(8(10)2)18-12-14-15-16-17(12)9-4-5-9/h8-11,13H,3-7H2,1-2H3. The molecule has 1 aromatic rings. The summed E-state index contributed by atoms with van der Waals surface area (Å²) in [4.78, 5) is 0. The number of hydrogen-bond acceptors (Lipinski definition) is 5. The summed E-state index contributed by atoms with van der Waals surface area (Å²) < 4.78 is 2.03. The van der Waals surface area contributed by atoms with Crippen LogP contribution in [-0.2, 0) is 0 Å². The van der Waals surface area contributed by atoms with Crippen LogP contribution in [0.5, 0.6) is 0 Å². The van der Waals surface area contributed by atoms with E-state index in [0.29, 0.717) is 23.3 Å². The highest BCUT2D eigenvalue weighted by atomic mass is 32.2. The third-order valence-electron chi connectivity index (χ3n) is 4.06. The average Bonchev–Trinajstić information content (AvgIpc) is 3.03. The van der Waals surface area contributed by atoms with Gasteiger partial charge in [-0.1, -0.05) is 25.6 Å². The van der Waals surface area contributed by atoms with Crippen molar-refractivity contribution in [1.82, 2.24) is 25.5 Å². The van der Waals surface area contributed by atoms with Crippen LogP contribution >= 0.6 is 11.8 Å². The third-order valence-corrected chi connectivity index (χ3v) is 5.51. The zero-order chi connectivity index (χ0) is 12.5. The Morgan fingerprint density at radius 3 is 2.89 bits per heavy atom. The Morgan fingerprint density at radius 1 is 1.33 bits per heavy atom. The normalized spacial score (nSPS) is 32.0. The molecule has 0 bridgehead atoms. The second-order valence-corrected chi connectivity index (χ2v) is 6.60. The van der Waals surface area contributed by atoms with E-state index in [4.69, 9.17) is 0 Å². The first-order valence-corrected chi connectivity index (χ1v) is 7.85. The van der Waals surface area contributed by atoms with E-state index in [1.165, 1.54) is 25.7 Å². The van der Waals surface area contributed by atoms with Crippen molar-refractivity contribution >= 4 is 11.8 Å². The van der Waals surface area contributed by atoms with Gasteiger partial charge in [0.25, 0.3) is 0 Å². The topological polar surface area (TPSA) is 55.6 Å². The second kappa shape index (κ2) is 5.17. The average molecular weight is 267 g/mol. The second-order valence-electron chi connectivity index (χ2n) is 5.39. The summed E-state index contributed by atoms with van der Waals surface area (Å²) in [6.07, 6.45) is 5.01. The van der Waals surface area contributed by atoms with Gasteiger partial charge in [0, 0.05) is 11.3 Å². The van der Waals surface area contributed by atoms with Crippen LogP contribution in [0.15, 0.2) is 5.16 Å². The summed E-state index contributed by atoms with van der Waals surface area (Å²) in [6.45, 7) is 5.59. The highest BCUT2D eigenvalue weighted by Gasteiger charge is 2.35. The Kier molecular flexibility index (Phi) is 3.56. The van der Waals surface area contributed by atoms with Gasteiger partial charge in [-0.3, -0.25) is 0 Å². The number of rotatable bonds is 5. The van der Waals surface area contributed by atoms with E-state index in [-0.39, 0.29) is 0 Å². The fourth-order valence-electron chi connectivity index (χ4n) is 2.79. The molecule has 3 unspecified atom stereocenters. The molecule has 2 fully saturated rings.